The van der Waals surface area contributed by atoms with E-state index in [2.05, 4.69) is 22.4 Å². The molecule has 1 unspecified atom stereocenters. The highest BCUT2D eigenvalue weighted by molar-refractivity contribution is 7.99. The largest absolute Gasteiger partial charge is 0.480 e. The fourth-order valence-electron chi connectivity index (χ4n) is 1.95. The van der Waals surface area contributed by atoms with Crippen LogP contribution in [0.5, 0.6) is 0 Å². The molecule has 0 aliphatic heterocycles. The molecular formula is C16H19N3O2S. The van der Waals surface area contributed by atoms with Crippen molar-refractivity contribution in [2.24, 2.45) is 0 Å². The Kier molecular flexibility index (Phi) is 6.21. The fourth-order valence-corrected chi connectivity index (χ4v) is 2.64. The van der Waals surface area contributed by atoms with E-state index in [4.69, 9.17) is 0 Å². The number of carboxylic acids is 1. The third kappa shape index (κ3) is 4.73. The molecule has 6 heteroatoms. The maximum atomic E-state index is 11.3. The van der Waals surface area contributed by atoms with E-state index in [0.717, 1.165) is 22.8 Å². The Bertz CT molecular complexity index is 590. The van der Waals surface area contributed by atoms with Gasteiger partial charge in [0.15, 0.2) is 0 Å². The van der Waals surface area contributed by atoms with Crippen molar-refractivity contribution in [3.8, 4) is 11.3 Å². The molecule has 0 fully saturated rings. The van der Waals surface area contributed by atoms with Gasteiger partial charge in [0, 0.05) is 5.56 Å². The van der Waals surface area contributed by atoms with Crippen LogP contribution in [0.4, 0.5) is 5.82 Å². The van der Waals surface area contributed by atoms with E-state index in [1.165, 1.54) is 0 Å². The van der Waals surface area contributed by atoms with Gasteiger partial charge in [-0.15, -0.1) is 10.2 Å². The molecule has 1 aromatic heterocycles. The Morgan fingerprint density at radius 2 is 2.00 bits per heavy atom. The third-order valence-corrected chi connectivity index (χ3v) is 4.04. The van der Waals surface area contributed by atoms with Crippen LogP contribution < -0.4 is 5.32 Å². The van der Waals surface area contributed by atoms with Crippen LogP contribution in [0, 0.1) is 0 Å². The predicted octanol–water partition coefficient (Wildman–Crippen LogP) is 3.15. The SMILES string of the molecule is CCSCCC(Nc1ccc(-c2ccccc2)nn1)C(=O)O. The summed E-state index contributed by atoms with van der Waals surface area (Å²) in [7, 11) is 0. The van der Waals surface area contributed by atoms with Gasteiger partial charge >= 0.3 is 5.97 Å². The van der Waals surface area contributed by atoms with Crippen molar-refractivity contribution in [1.82, 2.24) is 10.2 Å². The lowest BCUT2D eigenvalue weighted by Gasteiger charge is -2.14. The van der Waals surface area contributed by atoms with E-state index >= 15 is 0 Å². The highest BCUT2D eigenvalue weighted by Gasteiger charge is 2.17. The maximum Gasteiger partial charge on any atom is 0.326 e. The molecule has 0 spiro atoms. The number of anilines is 1. The number of nitrogens with zero attached hydrogens (tertiary/aromatic N) is 2. The minimum atomic E-state index is -0.870. The zero-order chi connectivity index (χ0) is 15.8. The standard InChI is InChI=1S/C16H19N3O2S/c1-2-22-11-10-14(16(20)21)17-15-9-8-13(18-19-15)12-6-4-3-5-7-12/h3-9,14H,2,10-11H2,1H3,(H,17,19)(H,20,21). The van der Waals surface area contributed by atoms with Crippen LogP contribution >= 0.6 is 11.8 Å². The summed E-state index contributed by atoms with van der Waals surface area (Å²) in [5.41, 5.74) is 1.75. The minimum absolute atomic E-state index is 0.480. The first-order chi connectivity index (χ1) is 10.7. The lowest BCUT2D eigenvalue weighted by molar-refractivity contribution is -0.137. The molecule has 1 heterocycles. The second-order valence-electron chi connectivity index (χ2n) is 4.69. The lowest BCUT2D eigenvalue weighted by atomic mass is 10.1. The Hall–Kier alpha value is -2.08. The molecule has 0 radical (unpaired) electrons. The van der Waals surface area contributed by atoms with Crippen LogP contribution in [-0.2, 0) is 4.79 Å². The smallest absolute Gasteiger partial charge is 0.326 e. The number of aliphatic carboxylic acids is 1. The molecule has 2 aromatic rings. The van der Waals surface area contributed by atoms with Crippen molar-refractivity contribution < 1.29 is 9.90 Å². The third-order valence-electron chi connectivity index (χ3n) is 3.11. The van der Waals surface area contributed by atoms with Crippen LogP contribution in [0.25, 0.3) is 11.3 Å². The van der Waals surface area contributed by atoms with Crippen molar-refractivity contribution in [2.75, 3.05) is 16.8 Å². The average Bonchev–Trinajstić information content (AvgIpc) is 2.55. The Morgan fingerprint density at radius 3 is 2.59 bits per heavy atom. The summed E-state index contributed by atoms with van der Waals surface area (Å²) >= 11 is 1.72. The molecule has 0 aliphatic rings. The number of nitrogens with one attached hydrogen (secondary N) is 1. The van der Waals surface area contributed by atoms with E-state index in [1.54, 1.807) is 17.8 Å². The highest BCUT2D eigenvalue weighted by Crippen LogP contribution is 2.17. The normalized spacial score (nSPS) is 11.9. The molecule has 5 nitrogen and oxygen atoms in total. The summed E-state index contributed by atoms with van der Waals surface area (Å²) in [6.45, 7) is 2.06. The van der Waals surface area contributed by atoms with Crippen LogP contribution in [0.3, 0.4) is 0 Å². The number of hydrogen-bond donors (Lipinski definition) is 2. The summed E-state index contributed by atoms with van der Waals surface area (Å²) in [4.78, 5) is 11.3. The molecule has 116 valence electrons. The maximum absolute atomic E-state index is 11.3. The minimum Gasteiger partial charge on any atom is -0.480 e. The summed E-state index contributed by atoms with van der Waals surface area (Å²) in [6, 6.07) is 12.7. The molecule has 2 N–H and O–H groups in total. The number of carbonyl (C=O) groups is 1. The number of thioether (sulfide) groups is 1. The van der Waals surface area contributed by atoms with E-state index in [-0.39, 0.29) is 0 Å². The number of hydrogen-bond acceptors (Lipinski definition) is 5. The molecule has 22 heavy (non-hydrogen) atoms. The van der Waals surface area contributed by atoms with Gasteiger partial charge in [-0.1, -0.05) is 37.3 Å². The predicted molar refractivity (Wildman–Crippen MR) is 90.1 cm³/mol. The van der Waals surface area contributed by atoms with Crippen LogP contribution in [0.15, 0.2) is 42.5 Å². The van der Waals surface area contributed by atoms with Gasteiger partial charge in [0.25, 0.3) is 0 Å². The van der Waals surface area contributed by atoms with Gasteiger partial charge in [-0.3, -0.25) is 0 Å². The average molecular weight is 317 g/mol. The summed E-state index contributed by atoms with van der Waals surface area (Å²) in [5.74, 6) is 1.40. The van der Waals surface area contributed by atoms with Gasteiger partial charge in [0.1, 0.15) is 11.9 Å². The number of aromatic nitrogens is 2. The summed E-state index contributed by atoms with van der Waals surface area (Å²) in [6.07, 6.45) is 0.552. The van der Waals surface area contributed by atoms with E-state index < -0.39 is 12.0 Å². The Labute approximate surface area is 134 Å². The summed E-state index contributed by atoms with van der Waals surface area (Å²) in [5, 5.41) is 20.4. The second-order valence-corrected chi connectivity index (χ2v) is 6.08. The fraction of sp³-hybridized carbons (Fsp3) is 0.312. The first kappa shape index (κ1) is 16.3. The number of benzene rings is 1. The zero-order valence-corrected chi connectivity index (χ0v) is 13.2. The summed E-state index contributed by atoms with van der Waals surface area (Å²) < 4.78 is 0. The molecule has 1 atom stereocenters. The van der Waals surface area contributed by atoms with Gasteiger partial charge in [-0.2, -0.15) is 11.8 Å². The molecule has 0 saturated heterocycles. The Balaban J connectivity index is 2.01. The first-order valence-electron chi connectivity index (χ1n) is 7.17. The van der Waals surface area contributed by atoms with Gasteiger partial charge in [-0.05, 0) is 30.1 Å². The topological polar surface area (TPSA) is 75.1 Å². The molecular weight excluding hydrogens is 298 g/mol. The molecule has 0 amide bonds. The quantitative estimate of drug-likeness (QED) is 0.729. The van der Waals surface area contributed by atoms with Gasteiger partial charge in [0.2, 0.25) is 0 Å². The Morgan fingerprint density at radius 1 is 1.23 bits per heavy atom. The van der Waals surface area contributed by atoms with Crippen molar-refractivity contribution >= 4 is 23.5 Å². The van der Waals surface area contributed by atoms with Gasteiger partial charge < -0.3 is 10.4 Å². The molecule has 1 aromatic carbocycles. The van der Waals surface area contributed by atoms with Crippen molar-refractivity contribution in [2.45, 2.75) is 19.4 Å². The van der Waals surface area contributed by atoms with E-state index in [0.29, 0.717) is 12.2 Å². The van der Waals surface area contributed by atoms with Gasteiger partial charge in [-0.25, -0.2) is 4.79 Å². The lowest BCUT2D eigenvalue weighted by Crippen LogP contribution is -2.30. The first-order valence-corrected chi connectivity index (χ1v) is 8.32. The number of carboxylic acid groups (broad SMARTS) is 1. The van der Waals surface area contributed by atoms with Crippen molar-refractivity contribution in [3.05, 3.63) is 42.5 Å². The molecule has 0 bridgehead atoms. The van der Waals surface area contributed by atoms with Gasteiger partial charge in [0.05, 0.1) is 5.69 Å². The molecule has 2 rings (SSSR count). The molecule has 0 saturated carbocycles. The number of rotatable bonds is 8. The second kappa shape index (κ2) is 8.38. The van der Waals surface area contributed by atoms with Crippen molar-refractivity contribution in [3.63, 3.8) is 0 Å². The van der Waals surface area contributed by atoms with Crippen LogP contribution in [0.2, 0.25) is 0 Å². The highest BCUT2D eigenvalue weighted by atomic mass is 32.2. The zero-order valence-electron chi connectivity index (χ0n) is 12.4. The van der Waals surface area contributed by atoms with E-state index in [9.17, 15) is 9.90 Å². The molecule has 0 aliphatic carbocycles. The van der Waals surface area contributed by atoms with Crippen LogP contribution in [-0.4, -0.2) is 38.8 Å². The van der Waals surface area contributed by atoms with Crippen LogP contribution in [0.1, 0.15) is 13.3 Å². The van der Waals surface area contributed by atoms with E-state index in [1.807, 2.05) is 36.4 Å². The van der Waals surface area contributed by atoms with Crippen molar-refractivity contribution in [1.29, 1.82) is 0 Å². The monoisotopic (exact) mass is 317 g/mol.